The monoisotopic (exact) mass is 312 g/mol. The van der Waals surface area contributed by atoms with Crippen molar-refractivity contribution in [2.45, 2.75) is 25.6 Å². The predicted molar refractivity (Wildman–Crippen MR) is 63.0 cm³/mol. The molecule has 0 aliphatic rings. The molecule has 0 bridgehead atoms. The Kier molecular flexibility index (Phi) is 4.55. The molecule has 1 rings (SSSR count). The van der Waals surface area contributed by atoms with E-state index in [9.17, 15) is 13.2 Å². The first-order chi connectivity index (χ1) is 7.81. The van der Waals surface area contributed by atoms with Gasteiger partial charge in [0.1, 0.15) is 5.82 Å². The minimum Gasteiger partial charge on any atom is -0.366 e. The van der Waals surface area contributed by atoms with Crippen LogP contribution in [0.15, 0.2) is 10.7 Å². The van der Waals surface area contributed by atoms with E-state index in [2.05, 4.69) is 36.5 Å². The number of alkyl halides is 3. The molecule has 96 valence electrons. The quantitative estimate of drug-likeness (QED) is 0.897. The first-order valence-corrected chi connectivity index (χ1v) is 5.64. The van der Waals surface area contributed by atoms with E-state index in [0.717, 1.165) is 0 Å². The molecule has 0 amide bonds. The molecule has 1 aromatic rings. The summed E-state index contributed by atoms with van der Waals surface area (Å²) in [5.41, 5.74) is 0. The normalized spacial score (nSPS) is 13.3. The molecule has 0 saturated carbocycles. The molecule has 0 spiro atoms. The molecule has 1 unspecified atom stereocenters. The van der Waals surface area contributed by atoms with Crippen molar-refractivity contribution in [1.29, 1.82) is 0 Å². The van der Waals surface area contributed by atoms with Gasteiger partial charge in [0.05, 0.1) is 10.9 Å². The van der Waals surface area contributed by atoms with Crippen LogP contribution in [0.25, 0.3) is 0 Å². The second-order valence-electron chi connectivity index (χ2n) is 3.50. The summed E-state index contributed by atoms with van der Waals surface area (Å²) < 4.78 is 37.0. The van der Waals surface area contributed by atoms with E-state index in [1.807, 2.05) is 0 Å². The summed E-state index contributed by atoms with van der Waals surface area (Å²) in [6, 6.07) is -0.758. The van der Waals surface area contributed by atoms with E-state index >= 15 is 0 Å². The zero-order valence-corrected chi connectivity index (χ0v) is 10.9. The highest BCUT2D eigenvalue weighted by atomic mass is 79.9. The summed E-state index contributed by atoms with van der Waals surface area (Å²) in [5.74, 6) is 0.677. The van der Waals surface area contributed by atoms with Gasteiger partial charge in [0, 0.05) is 19.3 Å². The summed E-state index contributed by atoms with van der Waals surface area (Å²) in [6.07, 6.45) is -3.64. The number of nitrogens with one attached hydrogen (secondary N) is 2. The highest BCUT2D eigenvalue weighted by Crippen LogP contribution is 2.25. The fourth-order valence-corrected chi connectivity index (χ4v) is 1.53. The molecular formula is C9H12BrF3N4. The molecule has 0 aliphatic carbocycles. The number of aromatic nitrogens is 2. The van der Waals surface area contributed by atoms with Gasteiger partial charge in [-0.2, -0.15) is 18.2 Å². The molecule has 0 aliphatic heterocycles. The van der Waals surface area contributed by atoms with Gasteiger partial charge in [-0.1, -0.05) is 0 Å². The van der Waals surface area contributed by atoms with Crippen LogP contribution in [0, 0.1) is 0 Å². The van der Waals surface area contributed by atoms with Crippen molar-refractivity contribution in [3.63, 3.8) is 0 Å². The molecule has 0 radical (unpaired) electrons. The SMILES string of the molecule is CNc1ncc(Br)c(NC(C)CC(F)(F)F)n1. The summed E-state index contributed by atoms with van der Waals surface area (Å²) in [5, 5.41) is 5.39. The summed E-state index contributed by atoms with van der Waals surface area (Å²) >= 11 is 3.17. The lowest BCUT2D eigenvalue weighted by molar-refractivity contribution is -0.136. The van der Waals surface area contributed by atoms with Crippen molar-refractivity contribution in [3.05, 3.63) is 10.7 Å². The Morgan fingerprint density at radius 2 is 2.12 bits per heavy atom. The van der Waals surface area contributed by atoms with Gasteiger partial charge in [-0.15, -0.1) is 0 Å². The van der Waals surface area contributed by atoms with Crippen LogP contribution in [-0.4, -0.2) is 29.2 Å². The number of hydrogen-bond donors (Lipinski definition) is 2. The van der Waals surface area contributed by atoms with Gasteiger partial charge >= 0.3 is 6.18 Å². The van der Waals surface area contributed by atoms with Gasteiger partial charge in [-0.3, -0.25) is 0 Å². The van der Waals surface area contributed by atoms with Crippen LogP contribution in [0.3, 0.4) is 0 Å². The number of hydrogen-bond acceptors (Lipinski definition) is 4. The number of rotatable bonds is 4. The highest BCUT2D eigenvalue weighted by Gasteiger charge is 2.30. The van der Waals surface area contributed by atoms with Gasteiger partial charge in [0.25, 0.3) is 0 Å². The van der Waals surface area contributed by atoms with Gasteiger partial charge in [0.15, 0.2) is 0 Å². The van der Waals surface area contributed by atoms with E-state index in [0.29, 0.717) is 16.2 Å². The summed E-state index contributed by atoms with van der Waals surface area (Å²) in [7, 11) is 1.63. The maximum Gasteiger partial charge on any atom is 0.391 e. The van der Waals surface area contributed by atoms with Crippen molar-refractivity contribution in [1.82, 2.24) is 9.97 Å². The summed E-state index contributed by atoms with van der Waals surface area (Å²) in [4.78, 5) is 7.92. The fraction of sp³-hybridized carbons (Fsp3) is 0.556. The van der Waals surface area contributed by atoms with Crippen LogP contribution in [-0.2, 0) is 0 Å². The third kappa shape index (κ3) is 4.76. The largest absolute Gasteiger partial charge is 0.391 e. The van der Waals surface area contributed by atoms with Gasteiger partial charge < -0.3 is 10.6 Å². The highest BCUT2D eigenvalue weighted by molar-refractivity contribution is 9.10. The lowest BCUT2D eigenvalue weighted by atomic mass is 10.2. The van der Waals surface area contributed by atoms with Crippen molar-refractivity contribution in [2.24, 2.45) is 0 Å². The van der Waals surface area contributed by atoms with Crippen molar-refractivity contribution in [3.8, 4) is 0 Å². The Bertz CT molecular complexity index is 383. The lowest BCUT2D eigenvalue weighted by Crippen LogP contribution is -2.24. The number of halogens is 4. The molecule has 0 saturated heterocycles. The van der Waals surface area contributed by atoms with Crippen molar-refractivity contribution in [2.75, 3.05) is 17.7 Å². The summed E-state index contributed by atoms with van der Waals surface area (Å²) in [6.45, 7) is 1.45. The van der Waals surface area contributed by atoms with Crippen LogP contribution in [0.4, 0.5) is 24.9 Å². The second-order valence-corrected chi connectivity index (χ2v) is 4.36. The molecule has 1 aromatic heterocycles. The van der Waals surface area contributed by atoms with E-state index in [1.165, 1.54) is 13.1 Å². The molecule has 0 fully saturated rings. The minimum atomic E-state index is -4.20. The Morgan fingerprint density at radius 1 is 1.47 bits per heavy atom. The fourth-order valence-electron chi connectivity index (χ4n) is 1.22. The van der Waals surface area contributed by atoms with E-state index in [1.54, 1.807) is 7.05 Å². The topological polar surface area (TPSA) is 49.8 Å². The van der Waals surface area contributed by atoms with Crippen molar-refractivity contribution >= 4 is 27.7 Å². The maximum absolute atomic E-state index is 12.2. The molecule has 0 aromatic carbocycles. The number of nitrogens with zero attached hydrogens (tertiary/aromatic N) is 2. The Balaban J connectivity index is 2.73. The van der Waals surface area contributed by atoms with Crippen LogP contribution < -0.4 is 10.6 Å². The third-order valence-corrected chi connectivity index (χ3v) is 2.47. The second kappa shape index (κ2) is 5.52. The third-order valence-electron chi connectivity index (χ3n) is 1.89. The lowest BCUT2D eigenvalue weighted by Gasteiger charge is -2.17. The first-order valence-electron chi connectivity index (χ1n) is 4.85. The van der Waals surface area contributed by atoms with Crippen LogP contribution in [0.5, 0.6) is 0 Å². The van der Waals surface area contributed by atoms with Gasteiger partial charge in [-0.25, -0.2) is 4.98 Å². The average molecular weight is 313 g/mol. The van der Waals surface area contributed by atoms with E-state index in [4.69, 9.17) is 0 Å². The van der Waals surface area contributed by atoms with Crippen LogP contribution in [0.2, 0.25) is 0 Å². The Hall–Kier alpha value is -1.05. The zero-order valence-electron chi connectivity index (χ0n) is 9.27. The minimum absolute atomic E-state index is 0.334. The predicted octanol–water partition coefficient (Wildman–Crippen LogP) is 3.03. The van der Waals surface area contributed by atoms with E-state index in [-0.39, 0.29) is 0 Å². The van der Waals surface area contributed by atoms with Crippen molar-refractivity contribution < 1.29 is 13.2 Å². The molecular weight excluding hydrogens is 301 g/mol. The standard InChI is InChI=1S/C9H12BrF3N4/c1-5(3-9(11,12)13)16-7-6(10)4-15-8(14-2)17-7/h4-5H,3H2,1-2H3,(H2,14,15,16,17). The number of anilines is 2. The van der Waals surface area contributed by atoms with Crippen LogP contribution >= 0.6 is 15.9 Å². The molecule has 2 N–H and O–H groups in total. The smallest absolute Gasteiger partial charge is 0.366 e. The molecule has 4 nitrogen and oxygen atoms in total. The molecule has 17 heavy (non-hydrogen) atoms. The Morgan fingerprint density at radius 3 is 2.65 bits per heavy atom. The van der Waals surface area contributed by atoms with E-state index < -0.39 is 18.6 Å². The average Bonchev–Trinajstić information content (AvgIpc) is 2.18. The maximum atomic E-state index is 12.2. The Labute approximate surface area is 105 Å². The van der Waals surface area contributed by atoms with Gasteiger partial charge in [-0.05, 0) is 22.9 Å². The van der Waals surface area contributed by atoms with Gasteiger partial charge in [0.2, 0.25) is 5.95 Å². The molecule has 1 heterocycles. The molecule has 8 heteroatoms. The zero-order chi connectivity index (χ0) is 13.1. The van der Waals surface area contributed by atoms with Crippen LogP contribution in [0.1, 0.15) is 13.3 Å². The first kappa shape index (κ1) is 14.0. The molecule has 1 atom stereocenters.